The number of alkyl halides is 1. The lowest BCUT2D eigenvalue weighted by molar-refractivity contribution is 0.0954. The van der Waals surface area contributed by atoms with Crippen molar-refractivity contribution in [2.24, 2.45) is 0 Å². The monoisotopic (exact) mass is 301 g/mol. The fourth-order valence-corrected chi connectivity index (χ4v) is 2.66. The molecule has 0 radical (unpaired) electrons. The van der Waals surface area contributed by atoms with Gasteiger partial charge in [0.05, 0.1) is 0 Å². The van der Waals surface area contributed by atoms with Gasteiger partial charge in [-0.15, -0.1) is 0 Å². The predicted molar refractivity (Wildman–Crippen MR) is 76.9 cm³/mol. The summed E-state index contributed by atoms with van der Waals surface area (Å²) in [6, 6.07) is 5.91. The largest absolute Gasteiger partial charge is 0.430 e. The second-order valence-corrected chi connectivity index (χ2v) is 5.92. The third kappa shape index (κ3) is 3.54. The molecular formula is C14H17Cl2NO2. The van der Waals surface area contributed by atoms with E-state index < -0.39 is 5.56 Å². The van der Waals surface area contributed by atoms with Gasteiger partial charge < -0.3 is 9.64 Å². The first kappa shape index (κ1) is 14.5. The van der Waals surface area contributed by atoms with Crippen molar-refractivity contribution in [3.63, 3.8) is 0 Å². The number of halogens is 2. The van der Waals surface area contributed by atoms with Crippen molar-refractivity contribution in [1.29, 1.82) is 0 Å². The maximum atomic E-state index is 11.9. The van der Waals surface area contributed by atoms with Gasteiger partial charge in [-0.1, -0.05) is 36.2 Å². The number of fused-ring (bicyclic) bond motifs is 1. The van der Waals surface area contributed by atoms with Crippen molar-refractivity contribution in [3.8, 4) is 0 Å². The smallest absolute Gasteiger partial charge is 0.411 e. The molecule has 1 heterocycles. The molecule has 0 bridgehead atoms. The van der Waals surface area contributed by atoms with Crippen molar-refractivity contribution in [3.05, 3.63) is 34.3 Å². The summed E-state index contributed by atoms with van der Waals surface area (Å²) in [5.41, 5.74) is 1.84. The van der Waals surface area contributed by atoms with Gasteiger partial charge in [0.15, 0.2) is 5.56 Å². The van der Waals surface area contributed by atoms with E-state index in [1.165, 1.54) is 11.1 Å². The molecule has 5 heteroatoms. The van der Waals surface area contributed by atoms with Gasteiger partial charge in [-0.05, 0) is 42.5 Å². The van der Waals surface area contributed by atoms with Gasteiger partial charge in [-0.3, -0.25) is 0 Å². The molecule has 1 amide bonds. The van der Waals surface area contributed by atoms with Crippen molar-refractivity contribution < 1.29 is 9.53 Å². The number of nitrogens with zero attached hydrogens (tertiary/aromatic N) is 1. The maximum absolute atomic E-state index is 11.9. The molecule has 104 valence electrons. The molecule has 1 unspecified atom stereocenters. The van der Waals surface area contributed by atoms with Gasteiger partial charge in [0.1, 0.15) is 0 Å². The molecule has 0 saturated carbocycles. The maximum Gasteiger partial charge on any atom is 0.411 e. The van der Waals surface area contributed by atoms with Gasteiger partial charge in [-0.2, -0.15) is 0 Å². The predicted octanol–water partition coefficient (Wildman–Crippen LogP) is 4.02. The van der Waals surface area contributed by atoms with Gasteiger partial charge in [-0.25, -0.2) is 4.79 Å². The summed E-state index contributed by atoms with van der Waals surface area (Å²) in [6.07, 6.45) is 0.455. The van der Waals surface area contributed by atoms with E-state index in [-0.39, 0.29) is 12.0 Å². The molecule has 0 N–H and O–H groups in total. The molecule has 1 aliphatic rings. The summed E-state index contributed by atoms with van der Waals surface area (Å²) in [6.45, 7) is 4.98. The fourth-order valence-electron chi connectivity index (χ4n) is 2.41. The molecule has 19 heavy (non-hydrogen) atoms. The third-order valence-corrected chi connectivity index (χ3v) is 3.63. The molecule has 0 saturated heterocycles. The van der Waals surface area contributed by atoms with Crippen LogP contribution in [-0.4, -0.2) is 29.6 Å². The van der Waals surface area contributed by atoms with Crippen LogP contribution in [0.2, 0.25) is 5.02 Å². The SMILES string of the molecule is CC(Cl)OC(=O)N1CCc2ccc(Cl)cc2[C@@H](C)C1. The molecule has 3 nitrogen and oxygen atoms in total. The van der Waals surface area contributed by atoms with Crippen LogP contribution in [0, 0.1) is 0 Å². The van der Waals surface area contributed by atoms with Crippen LogP contribution in [0.25, 0.3) is 0 Å². The summed E-state index contributed by atoms with van der Waals surface area (Å²) < 4.78 is 5.04. The quantitative estimate of drug-likeness (QED) is 0.733. The number of hydrogen-bond donors (Lipinski definition) is 0. The van der Waals surface area contributed by atoms with E-state index in [1.54, 1.807) is 11.8 Å². The third-order valence-electron chi connectivity index (χ3n) is 3.31. The van der Waals surface area contributed by atoms with Crippen molar-refractivity contribution in [2.45, 2.75) is 31.7 Å². The fraction of sp³-hybridized carbons (Fsp3) is 0.500. The summed E-state index contributed by atoms with van der Waals surface area (Å²) in [5.74, 6) is 0.231. The summed E-state index contributed by atoms with van der Waals surface area (Å²) in [7, 11) is 0. The number of rotatable bonds is 1. The molecule has 0 aromatic heterocycles. The lowest BCUT2D eigenvalue weighted by Gasteiger charge is -2.23. The standard InChI is InChI=1S/C14H17Cl2NO2/c1-9-8-17(14(18)19-10(2)15)6-5-11-3-4-12(16)7-13(9)11/h3-4,7,9-10H,5-6,8H2,1-2H3/t9-,10?/m0/s1. The normalized spacial score (nSPS) is 20.4. The lowest BCUT2D eigenvalue weighted by atomic mass is 9.95. The van der Waals surface area contributed by atoms with Crippen LogP contribution in [0.1, 0.15) is 30.9 Å². The molecule has 0 fully saturated rings. The first-order valence-electron chi connectivity index (χ1n) is 6.35. The van der Waals surface area contributed by atoms with Crippen LogP contribution < -0.4 is 0 Å². The van der Waals surface area contributed by atoms with Gasteiger partial charge >= 0.3 is 6.09 Å². The Labute approximate surface area is 123 Å². The zero-order valence-electron chi connectivity index (χ0n) is 11.0. The van der Waals surface area contributed by atoms with Gasteiger partial charge in [0.25, 0.3) is 0 Å². The van der Waals surface area contributed by atoms with E-state index in [1.807, 2.05) is 18.2 Å². The number of carbonyl (C=O) groups excluding carboxylic acids is 1. The Hall–Kier alpha value is -0.930. The Morgan fingerprint density at radius 3 is 2.95 bits per heavy atom. The zero-order chi connectivity index (χ0) is 14.0. The highest BCUT2D eigenvalue weighted by atomic mass is 35.5. The summed E-state index contributed by atoms with van der Waals surface area (Å²) >= 11 is 11.7. The highest BCUT2D eigenvalue weighted by Gasteiger charge is 2.25. The zero-order valence-corrected chi connectivity index (χ0v) is 12.5. The Morgan fingerprint density at radius 1 is 1.53 bits per heavy atom. The number of hydrogen-bond acceptors (Lipinski definition) is 2. The Bertz CT molecular complexity index is 477. The Kier molecular flexibility index (Phi) is 4.58. The van der Waals surface area contributed by atoms with Crippen LogP contribution in [0.4, 0.5) is 4.79 Å². The van der Waals surface area contributed by atoms with E-state index in [4.69, 9.17) is 27.9 Å². The summed E-state index contributed by atoms with van der Waals surface area (Å²) in [4.78, 5) is 13.6. The molecule has 0 aliphatic carbocycles. The molecule has 1 aromatic rings. The van der Waals surface area contributed by atoms with Crippen LogP contribution >= 0.6 is 23.2 Å². The second kappa shape index (κ2) is 6.02. The minimum absolute atomic E-state index is 0.231. The number of ether oxygens (including phenoxy) is 1. The van der Waals surface area contributed by atoms with Crippen molar-refractivity contribution >= 4 is 29.3 Å². The highest BCUT2D eigenvalue weighted by Crippen LogP contribution is 2.28. The van der Waals surface area contributed by atoms with E-state index >= 15 is 0 Å². The highest BCUT2D eigenvalue weighted by molar-refractivity contribution is 6.30. The van der Waals surface area contributed by atoms with Crippen LogP contribution in [0.5, 0.6) is 0 Å². The number of amides is 1. The molecule has 2 rings (SSSR count). The van der Waals surface area contributed by atoms with Gasteiger partial charge in [0.2, 0.25) is 0 Å². The van der Waals surface area contributed by atoms with E-state index in [0.717, 1.165) is 11.4 Å². The first-order valence-corrected chi connectivity index (χ1v) is 7.16. The molecule has 0 spiro atoms. The van der Waals surface area contributed by atoms with Crippen molar-refractivity contribution in [1.82, 2.24) is 4.90 Å². The van der Waals surface area contributed by atoms with E-state index in [0.29, 0.717) is 13.1 Å². The molecular weight excluding hydrogens is 285 g/mol. The van der Waals surface area contributed by atoms with E-state index in [9.17, 15) is 4.79 Å². The van der Waals surface area contributed by atoms with Crippen LogP contribution in [0.15, 0.2) is 18.2 Å². The van der Waals surface area contributed by atoms with Crippen molar-refractivity contribution in [2.75, 3.05) is 13.1 Å². The molecule has 2 atom stereocenters. The minimum atomic E-state index is -0.608. The first-order chi connectivity index (χ1) is 8.97. The topological polar surface area (TPSA) is 29.5 Å². The lowest BCUT2D eigenvalue weighted by Crippen LogP contribution is -2.35. The molecule has 1 aliphatic heterocycles. The van der Waals surface area contributed by atoms with Crippen LogP contribution in [0.3, 0.4) is 0 Å². The summed E-state index contributed by atoms with van der Waals surface area (Å²) in [5, 5.41) is 0.732. The minimum Gasteiger partial charge on any atom is -0.430 e. The average molecular weight is 302 g/mol. The van der Waals surface area contributed by atoms with Gasteiger partial charge in [0, 0.05) is 18.1 Å². The Morgan fingerprint density at radius 2 is 2.26 bits per heavy atom. The number of carbonyl (C=O) groups is 1. The second-order valence-electron chi connectivity index (χ2n) is 4.87. The molecule has 1 aromatic carbocycles. The Balaban J connectivity index is 2.15. The number of benzene rings is 1. The van der Waals surface area contributed by atoms with E-state index in [2.05, 4.69) is 6.92 Å². The van der Waals surface area contributed by atoms with Crippen LogP contribution in [-0.2, 0) is 11.2 Å². The average Bonchev–Trinajstić information content (AvgIpc) is 2.49.